The molecule has 0 saturated heterocycles. The van der Waals surface area contributed by atoms with E-state index in [0.717, 1.165) is 31.2 Å². The van der Waals surface area contributed by atoms with Gasteiger partial charge in [-0.2, -0.15) is 5.26 Å². The Hall–Kier alpha value is -2.35. The van der Waals surface area contributed by atoms with Crippen LogP contribution in [0.2, 0.25) is 0 Å². The number of ether oxygens (including phenoxy) is 1. The van der Waals surface area contributed by atoms with Gasteiger partial charge in [-0.25, -0.2) is 0 Å². The molecule has 1 aromatic carbocycles. The number of nitriles is 1. The van der Waals surface area contributed by atoms with Crippen LogP contribution in [-0.2, 0) is 9.59 Å². The molecule has 1 saturated carbocycles. The minimum Gasteiger partial charge on any atom is -0.496 e. The maximum Gasteiger partial charge on any atom is 0.245 e. The monoisotopic (exact) mass is 328 g/mol. The highest BCUT2D eigenvalue weighted by atomic mass is 16.5. The van der Waals surface area contributed by atoms with Gasteiger partial charge in [-0.15, -0.1) is 0 Å². The van der Waals surface area contributed by atoms with E-state index < -0.39 is 11.8 Å². The van der Waals surface area contributed by atoms with Crippen LogP contribution in [0.1, 0.15) is 50.5 Å². The topological polar surface area (TPSA) is 79.2 Å². The maximum atomic E-state index is 12.4. The number of carbonyl (C=O) groups excluding carboxylic acids is 2. The van der Waals surface area contributed by atoms with Crippen molar-refractivity contribution in [3.63, 3.8) is 0 Å². The first-order chi connectivity index (χ1) is 11.6. The van der Waals surface area contributed by atoms with Gasteiger partial charge in [-0.1, -0.05) is 38.0 Å². The fourth-order valence-electron chi connectivity index (χ4n) is 3.23. The van der Waals surface area contributed by atoms with Crippen LogP contribution in [0, 0.1) is 17.2 Å². The molecule has 0 spiro atoms. The number of benzene rings is 1. The van der Waals surface area contributed by atoms with E-state index in [4.69, 9.17) is 4.74 Å². The van der Waals surface area contributed by atoms with Crippen LogP contribution in [0.15, 0.2) is 24.3 Å². The van der Waals surface area contributed by atoms with Crippen molar-refractivity contribution in [1.82, 2.24) is 5.32 Å². The van der Waals surface area contributed by atoms with E-state index in [-0.39, 0.29) is 24.2 Å². The number of hydrogen-bond donors (Lipinski definition) is 1. The van der Waals surface area contributed by atoms with Crippen molar-refractivity contribution in [1.29, 1.82) is 5.26 Å². The van der Waals surface area contributed by atoms with Gasteiger partial charge < -0.3 is 10.1 Å². The SMILES string of the molecule is COc1ccccc1C(C)CC(=O)C(C#N)C(=O)NC1CCCC1. The van der Waals surface area contributed by atoms with Gasteiger partial charge in [0.15, 0.2) is 11.7 Å². The summed E-state index contributed by atoms with van der Waals surface area (Å²) in [6, 6.07) is 9.46. The number of amides is 1. The Kier molecular flexibility index (Phi) is 6.36. The molecular formula is C19H24N2O3. The molecule has 2 atom stereocenters. The van der Waals surface area contributed by atoms with E-state index in [0.29, 0.717) is 5.75 Å². The summed E-state index contributed by atoms with van der Waals surface area (Å²) in [6.45, 7) is 1.90. The number of rotatable bonds is 7. The molecule has 1 aliphatic rings. The zero-order chi connectivity index (χ0) is 17.5. The number of hydrogen-bond acceptors (Lipinski definition) is 4. The summed E-state index contributed by atoms with van der Waals surface area (Å²) in [5, 5.41) is 12.1. The molecule has 1 aliphatic carbocycles. The minimum absolute atomic E-state index is 0.104. The summed E-state index contributed by atoms with van der Waals surface area (Å²) in [4.78, 5) is 24.7. The van der Waals surface area contributed by atoms with E-state index in [1.54, 1.807) is 7.11 Å². The summed E-state index contributed by atoms with van der Waals surface area (Å²) in [5.74, 6) is -1.44. The molecule has 0 bridgehead atoms. The largest absolute Gasteiger partial charge is 0.496 e. The van der Waals surface area contributed by atoms with Gasteiger partial charge in [0.25, 0.3) is 0 Å². The molecule has 1 aromatic rings. The second-order valence-electron chi connectivity index (χ2n) is 6.37. The van der Waals surface area contributed by atoms with E-state index >= 15 is 0 Å². The van der Waals surface area contributed by atoms with Gasteiger partial charge in [0, 0.05) is 12.5 Å². The first-order valence-corrected chi connectivity index (χ1v) is 8.42. The van der Waals surface area contributed by atoms with Crippen LogP contribution < -0.4 is 10.1 Å². The van der Waals surface area contributed by atoms with Crippen molar-refractivity contribution in [2.45, 2.75) is 51.0 Å². The van der Waals surface area contributed by atoms with E-state index in [2.05, 4.69) is 5.32 Å². The van der Waals surface area contributed by atoms with E-state index in [9.17, 15) is 14.9 Å². The Morgan fingerprint density at radius 3 is 2.62 bits per heavy atom. The lowest BCUT2D eigenvalue weighted by Crippen LogP contribution is -2.40. The number of ketones is 1. The van der Waals surface area contributed by atoms with Gasteiger partial charge in [0.05, 0.1) is 13.2 Å². The maximum absolute atomic E-state index is 12.4. The standard InChI is InChI=1S/C19H24N2O3/c1-13(15-9-5-6-10-18(15)24-2)11-17(22)16(12-20)19(23)21-14-7-3-4-8-14/h5-6,9-10,13-14,16H,3-4,7-8,11H2,1-2H3,(H,21,23). The molecule has 1 amide bonds. The summed E-state index contributed by atoms with van der Waals surface area (Å²) >= 11 is 0. The number of nitrogens with one attached hydrogen (secondary N) is 1. The average Bonchev–Trinajstić information content (AvgIpc) is 3.08. The first kappa shape index (κ1) is 18.0. The molecule has 5 nitrogen and oxygen atoms in total. The minimum atomic E-state index is -1.23. The molecule has 0 radical (unpaired) electrons. The number of para-hydroxylation sites is 1. The molecule has 1 N–H and O–H groups in total. The lowest BCUT2D eigenvalue weighted by Gasteiger charge is -2.18. The van der Waals surface area contributed by atoms with Crippen LogP contribution in [-0.4, -0.2) is 24.8 Å². The molecule has 128 valence electrons. The lowest BCUT2D eigenvalue weighted by molar-refractivity contribution is -0.132. The molecule has 2 unspecified atom stereocenters. The van der Waals surface area contributed by atoms with Gasteiger partial charge in [-0.3, -0.25) is 9.59 Å². The van der Waals surface area contributed by atoms with E-state index in [1.165, 1.54) is 0 Å². The third-order valence-corrected chi connectivity index (χ3v) is 4.59. The predicted molar refractivity (Wildman–Crippen MR) is 90.5 cm³/mol. The zero-order valence-corrected chi connectivity index (χ0v) is 14.2. The summed E-state index contributed by atoms with van der Waals surface area (Å²) < 4.78 is 5.32. The number of Topliss-reactive ketones (excluding diaryl/α,β-unsaturated/α-hetero) is 1. The Bertz CT molecular complexity index is 630. The molecular weight excluding hydrogens is 304 g/mol. The quantitative estimate of drug-likeness (QED) is 0.780. The summed E-state index contributed by atoms with van der Waals surface area (Å²) in [6.07, 6.45) is 4.16. The highest BCUT2D eigenvalue weighted by molar-refractivity contribution is 6.04. The van der Waals surface area contributed by atoms with Crippen molar-refractivity contribution >= 4 is 11.7 Å². The fourth-order valence-corrected chi connectivity index (χ4v) is 3.23. The van der Waals surface area contributed by atoms with Gasteiger partial charge >= 0.3 is 0 Å². The molecule has 0 heterocycles. The Morgan fingerprint density at radius 1 is 1.33 bits per heavy atom. The van der Waals surface area contributed by atoms with Crippen LogP contribution in [0.4, 0.5) is 0 Å². The van der Waals surface area contributed by atoms with Crippen molar-refractivity contribution in [2.24, 2.45) is 5.92 Å². The van der Waals surface area contributed by atoms with Crippen molar-refractivity contribution in [3.05, 3.63) is 29.8 Å². The van der Waals surface area contributed by atoms with Crippen LogP contribution in [0.5, 0.6) is 5.75 Å². The number of carbonyl (C=O) groups is 2. The molecule has 2 rings (SSSR count). The second-order valence-corrected chi connectivity index (χ2v) is 6.37. The van der Waals surface area contributed by atoms with Crippen LogP contribution in [0.25, 0.3) is 0 Å². The molecule has 0 aliphatic heterocycles. The average molecular weight is 328 g/mol. The normalized spacial score (nSPS) is 16.9. The van der Waals surface area contributed by atoms with Gasteiger partial charge in [0.2, 0.25) is 5.91 Å². The van der Waals surface area contributed by atoms with E-state index in [1.807, 2.05) is 37.3 Å². The van der Waals surface area contributed by atoms with Crippen molar-refractivity contribution in [3.8, 4) is 11.8 Å². The Labute approximate surface area is 143 Å². The third-order valence-electron chi connectivity index (χ3n) is 4.59. The van der Waals surface area contributed by atoms with Crippen molar-refractivity contribution < 1.29 is 14.3 Å². The third kappa shape index (κ3) is 4.35. The van der Waals surface area contributed by atoms with Crippen LogP contribution in [0.3, 0.4) is 0 Å². The predicted octanol–water partition coefficient (Wildman–Crippen LogP) is 2.96. The molecule has 24 heavy (non-hydrogen) atoms. The first-order valence-electron chi connectivity index (χ1n) is 8.42. The Morgan fingerprint density at radius 2 is 2.00 bits per heavy atom. The Balaban J connectivity index is 2.00. The smallest absolute Gasteiger partial charge is 0.245 e. The molecule has 5 heteroatoms. The molecule has 0 aromatic heterocycles. The highest BCUT2D eigenvalue weighted by Gasteiger charge is 2.30. The van der Waals surface area contributed by atoms with Crippen LogP contribution >= 0.6 is 0 Å². The van der Waals surface area contributed by atoms with Gasteiger partial charge in [0.1, 0.15) is 5.75 Å². The number of methoxy groups -OCH3 is 1. The summed E-state index contributed by atoms with van der Waals surface area (Å²) in [5.41, 5.74) is 0.904. The highest BCUT2D eigenvalue weighted by Crippen LogP contribution is 2.29. The molecule has 1 fully saturated rings. The summed E-state index contributed by atoms with van der Waals surface area (Å²) in [7, 11) is 1.58. The van der Waals surface area contributed by atoms with Gasteiger partial charge in [-0.05, 0) is 30.4 Å². The van der Waals surface area contributed by atoms with Crippen molar-refractivity contribution in [2.75, 3.05) is 7.11 Å². The lowest BCUT2D eigenvalue weighted by atomic mass is 9.90. The zero-order valence-electron chi connectivity index (χ0n) is 14.2. The fraction of sp³-hybridized carbons (Fsp3) is 0.526. The second kappa shape index (κ2) is 8.49. The number of nitrogens with zero attached hydrogens (tertiary/aromatic N) is 1.